The van der Waals surface area contributed by atoms with Crippen molar-refractivity contribution >= 4 is 38.4 Å². The Kier molecular flexibility index (Phi) is 6.32. The molecular weight excluding hydrogens is 403 g/mol. The summed E-state index contributed by atoms with van der Waals surface area (Å²) in [6.07, 6.45) is -4.66. The number of hydrogen-bond acceptors (Lipinski definition) is 5. The monoisotopic (exact) mass is 417 g/mol. The van der Waals surface area contributed by atoms with Crippen molar-refractivity contribution in [1.82, 2.24) is 0 Å². The van der Waals surface area contributed by atoms with E-state index in [1.165, 1.54) is 31.2 Å². The third kappa shape index (κ3) is 5.83. The van der Waals surface area contributed by atoms with Crippen LogP contribution in [0.25, 0.3) is 0 Å². The molecule has 0 saturated carbocycles. The van der Waals surface area contributed by atoms with E-state index in [-0.39, 0.29) is 27.9 Å². The van der Waals surface area contributed by atoms with Gasteiger partial charge in [0.15, 0.2) is 10.9 Å². The molecule has 0 aromatic heterocycles. The van der Waals surface area contributed by atoms with Gasteiger partial charge in [-0.3, -0.25) is 14.3 Å². The summed E-state index contributed by atoms with van der Waals surface area (Å²) in [5.41, 5.74) is -0.705. The molecule has 0 unspecified atom stereocenters. The summed E-state index contributed by atoms with van der Waals surface area (Å²) in [6, 6.07) is 8.74. The SMILES string of the molecule is CC(=O)SCC(=O)c1ccc(NS(=O)(=O)c2cccc(C(F)(F)F)c2)cc1. The lowest BCUT2D eigenvalue weighted by molar-refractivity contribution is -0.137. The molecule has 0 aliphatic rings. The van der Waals surface area contributed by atoms with Gasteiger partial charge in [-0.25, -0.2) is 8.42 Å². The second-order valence-electron chi connectivity index (χ2n) is 5.41. The number of thioether (sulfide) groups is 1. The average molecular weight is 417 g/mol. The van der Waals surface area contributed by atoms with Gasteiger partial charge in [0.2, 0.25) is 0 Å². The number of nitrogens with one attached hydrogen (secondary N) is 1. The minimum atomic E-state index is -4.66. The fourth-order valence-corrected chi connectivity index (χ4v) is 3.63. The standard InChI is InChI=1S/C17H14F3NO4S2/c1-11(22)26-10-16(23)12-5-7-14(8-6-12)21-27(24,25)15-4-2-3-13(9-15)17(18,19)20/h2-9,21H,10H2,1H3. The maximum Gasteiger partial charge on any atom is 0.416 e. The quantitative estimate of drug-likeness (QED) is 0.720. The van der Waals surface area contributed by atoms with Gasteiger partial charge in [-0.05, 0) is 42.5 Å². The summed E-state index contributed by atoms with van der Waals surface area (Å²) in [6.45, 7) is 1.34. The highest BCUT2D eigenvalue weighted by molar-refractivity contribution is 8.14. The Hall–Kier alpha value is -2.33. The zero-order valence-corrected chi connectivity index (χ0v) is 15.5. The first-order chi connectivity index (χ1) is 12.5. The molecule has 0 saturated heterocycles. The summed E-state index contributed by atoms with van der Waals surface area (Å²) in [4.78, 5) is 22.2. The lowest BCUT2D eigenvalue weighted by Crippen LogP contribution is -2.14. The van der Waals surface area contributed by atoms with E-state index in [9.17, 15) is 31.2 Å². The summed E-state index contributed by atoms with van der Waals surface area (Å²) >= 11 is 0.857. The molecular formula is C17H14F3NO4S2. The van der Waals surface area contributed by atoms with Crippen molar-refractivity contribution in [2.45, 2.75) is 18.0 Å². The van der Waals surface area contributed by atoms with E-state index in [0.717, 1.165) is 30.0 Å². The van der Waals surface area contributed by atoms with Crippen molar-refractivity contribution in [2.24, 2.45) is 0 Å². The molecule has 0 radical (unpaired) electrons. The van der Waals surface area contributed by atoms with Crippen LogP contribution < -0.4 is 4.72 Å². The third-order valence-corrected chi connectivity index (χ3v) is 5.53. The highest BCUT2D eigenvalue weighted by Gasteiger charge is 2.31. The Morgan fingerprint density at radius 3 is 2.26 bits per heavy atom. The van der Waals surface area contributed by atoms with Crippen LogP contribution in [0.2, 0.25) is 0 Å². The number of sulfonamides is 1. The number of anilines is 1. The molecule has 144 valence electrons. The van der Waals surface area contributed by atoms with E-state index in [0.29, 0.717) is 6.07 Å². The summed E-state index contributed by atoms with van der Waals surface area (Å²) < 4.78 is 65.0. The van der Waals surface area contributed by atoms with E-state index >= 15 is 0 Å². The zero-order valence-electron chi connectivity index (χ0n) is 13.9. The van der Waals surface area contributed by atoms with Gasteiger partial charge in [0, 0.05) is 18.2 Å². The van der Waals surface area contributed by atoms with Gasteiger partial charge >= 0.3 is 6.18 Å². The Morgan fingerprint density at radius 2 is 1.70 bits per heavy atom. The average Bonchev–Trinajstić information content (AvgIpc) is 2.59. The summed E-state index contributed by atoms with van der Waals surface area (Å²) in [5, 5.41) is -0.200. The van der Waals surface area contributed by atoms with E-state index in [2.05, 4.69) is 4.72 Å². The van der Waals surface area contributed by atoms with Gasteiger partial charge in [-0.15, -0.1) is 0 Å². The third-order valence-electron chi connectivity index (χ3n) is 3.34. The summed E-state index contributed by atoms with van der Waals surface area (Å²) in [7, 11) is -4.23. The number of carbonyl (C=O) groups is 2. The number of hydrogen-bond donors (Lipinski definition) is 1. The molecule has 1 N–H and O–H groups in total. The van der Waals surface area contributed by atoms with Gasteiger partial charge < -0.3 is 0 Å². The number of ketones is 1. The van der Waals surface area contributed by atoms with Crippen LogP contribution in [0.4, 0.5) is 18.9 Å². The summed E-state index contributed by atoms with van der Waals surface area (Å²) in [5.74, 6) is -0.340. The second kappa shape index (κ2) is 8.13. The van der Waals surface area contributed by atoms with E-state index < -0.39 is 26.7 Å². The van der Waals surface area contributed by atoms with Crippen molar-refractivity contribution in [3.8, 4) is 0 Å². The number of carbonyl (C=O) groups excluding carboxylic acids is 2. The zero-order chi connectivity index (χ0) is 20.2. The number of halogens is 3. The molecule has 0 aliphatic heterocycles. The fraction of sp³-hybridized carbons (Fsp3) is 0.176. The van der Waals surface area contributed by atoms with Crippen LogP contribution in [0, 0.1) is 0 Å². The van der Waals surface area contributed by atoms with Crippen molar-refractivity contribution < 1.29 is 31.2 Å². The lowest BCUT2D eigenvalue weighted by atomic mass is 10.1. The second-order valence-corrected chi connectivity index (χ2v) is 8.25. The lowest BCUT2D eigenvalue weighted by Gasteiger charge is -2.11. The van der Waals surface area contributed by atoms with E-state index in [1.54, 1.807) is 0 Å². The maximum absolute atomic E-state index is 12.7. The first kappa shape index (κ1) is 21.0. The molecule has 0 aliphatic carbocycles. The van der Waals surface area contributed by atoms with Crippen LogP contribution in [-0.2, 0) is 21.0 Å². The minimum absolute atomic E-state index is 0.0371. The number of rotatable bonds is 6. The molecule has 0 spiro atoms. The van der Waals surface area contributed by atoms with Gasteiger partial charge in [0.05, 0.1) is 16.2 Å². The first-order valence-electron chi connectivity index (χ1n) is 7.46. The van der Waals surface area contributed by atoms with Crippen LogP contribution in [0.15, 0.2) is 53.4 Å². The van der Waals surface area contributed by atoms with Gasteiger partial charge in [0.25, 0.3) is 10.0 Å². The minimum Gasteiger partial charge on any atom is -0.293 e. The normalized spacial score (nSPS) is 11.9. The molecule has 27 heavy (non-hydrogen) atoms. The molecule has 2 rings (SSSR count). The molecule has 0 amide bonds. The molecule has 0 atom stereocenters. The maximum atomic E-state index is 12.7. The predicted octanol–water partition coefficient (Wildman–Crippen LogP) is 3.97. The smallest absolute Gasteiger partial charge is 0.293 e. The van der Waals surface area contributed by atoms with Crippen LogP contribution in [-0.4, -0.2) is 25.1 Å². The van der Waals surface area contributed by atoms with Gasteiger partial charge in [-0.1, -0.05) is 17.8 Å². The van der Waals surface area contributed by atoms with Crippen molar-refractivity contribution in [3.05, 3.63) is 59.7 Å². The van der Waals surface area contributed by atoms with Crippen molar-refractivity contribution in [3.63, 3.8) is 0 Å². The largest absolute Gasteiger partial charge is 0.416 e. The number of alkyl halides is 3. The van der Waals surface area contributed by atoms with Crippen molar-refractivity contribution in [2.75, 3.05) is 10.5 Å². The van der Waals surface area contributed by atoms with Gasteiger partial charge in [0.1, 0.15) is 0 Å². The number of benzene rings is 2. The van der Waals surface area contributed by atoms with Crippen LogP contribution in [0.5, 0.6) is 0 Å². The Morgan fingerprint density at radius 1 is 1.07 bits per heavy atom. The van der Waals surface area contributed by atoms with Crippen molar-refractivity contribution in [1.29, 1.82) is 0 Å². The molecule has 5 nitrogen and oxygen atoms in total. The van der Waals surface area contributed by atoms with Gasteiger partial charge in [-0.2, -0.15) is 13.2 Å². The molecule has 0 heterocycles. The van der Waals surface area contributed by atoms with E-state index in [4.69, 9.17) is 0 Å². The van der Waals surface area contributed by atoms with Crippen LogP contribution >= 0.6 is 11.8 Å². The first-order valence-corrected chi connectivity index (χ1v) is 9.92. The highest BCUT2D eigenvalue weighted by Crippen LogP contribution is 2.30. The Labute approximate surface area is 158 Å². The van der Waals surface area contributed by atoms with Crippen LogP contribution in [0.3, 0.4) is 0 Å². The molecule has 0 bridgehead atoms. The van der Waals surface area contributed by atoms with Crippen LogP contribution in [0.1, 0.15) is 22.8 Å². The highest BCUT2D eigenvalue weighted by atomic mass is 32.2. The molecule has 2 aromatic carbocycles. The predicted molar refractivity (Wildman–Crippen MR) is 96.2 cm³/mol. The Balaban J connectivity index is 2.16. The fourth-order valence-electron chi connectivity index (χ4n) is 2.03. The molecule has 2 aromatic rings. The Bertz CT molecular complexity index is 955. The topological polar surface area (TPSA) is 80.3 Å². The number of Topliss-reactive ketones (excluding diaryl/α,β-unsaturated/α-hetero) is 1. The molecule has 10 heteroatoms. The van der Waals surface area contributed by atoms with E-state index in [1.807, 2.05) is 0 Å². The molecule has 0 fully saturated rings.